The number of ether oxygens (including phenoxy) is 1. The lowest BCUT2D eigenvalue weighted by atomic mass is 9.97. The zero-order valence-electron chi connectivity index (χ0n) is 11.9. The molecule has 2 N–H and O–H groups in total. The van der Waals surface area contributed by atoms with Gasteiger partial charge in [-0.25, -0.2) is 0 Å². The maximum Gasteiger partial charge on any atom is 0.0707 e. The first-order valence-electron chi connectivity index (χ1n) is 7.35. The second-order valence-electron chi connectivity index (χ2n) is 6.13. The van der Waals surface area contributed by atoms with Gasteiger partial charge in [0, 0.05) is 25.2 Å². The van der Waals surface area contributed by atoms with Gasteiger partial charge in [0.15, 0.2) is 0 Å². The van der Waals surface area contributed by atoms with Crippen molar-refractivity contribution in [2.45, 2.75) is 51.0 Å². The zero-order valence-corrected chi connectivity index (χ0v) is 11.9. The Labute approximate surface area is 115 Å². The number of hydrogen-bond acceptors (Lipinski definition) is 3. The van der Waals surface area contributed by atoms with Gasteiger partial charge >= 0.3 is 0 Å². The number of benzene rings is 1. The summed E-state index contributed by atoms with van der Waals surface area (Å²) in [5.41, 5.74) is 8.90. The van der Waals surface area contributed by atoms with Crippen LogP contribution in [0, 0.1) is 6.92 Å². The molecule has 2 bridgehead atoms. The maximum atomic E-state index is 6.27. The molecule has 2 aliphatic rings. The summed E-state index contributed by atoms with van der Waals surface area (Å²) in [6.45, 7) is 6.29. The van der Waals surface area contributed by atoms with E-state index in [1.165, 1.54) is 24.0 Å². The lowest BCUT2D eigenvalue weighted by Crippen LogP contribution is -2.48. The number of fused-ring (bicyclic) bond motifs is 2. The van der Waals surface area contributed by atoms with E-state index in [-0.39, 0.29) is 6.04 Å². The Kier molecular flexibility index (Phi) is 3.61. The number of rotatable bonds is 3. The normalized spacial score (nSPS) is 30.3. The fourth-order valence-electron chi connectivity index (χ4n) is 3.48. The highest BCUT2D eigenvalue weighted by Crippen LogP contribution is 2.33. The average molecular weight is 260 g/mol. The molecule has 3 rings (SSSR count). The van der Waals surface area contributed by atoms with Crippen LogP contribution in [-0.4, -0.2) is 36.2 Å². The molecule has 2 aliphatic heterocycles. The smallest absolute Gasteiger partial charge is 0.0707 e. The van der Waals surface area contributed by atoms with E-state index in [1.54, 1.807) is 0 Å². The predicted molar refractivity (Wildman–Crippen MR) is 77.0 cm³/mol. The minimum atomic E-state index is 0.139. The molecule has 19 heavy (non-hydrogen) atoms. The highest BCUT2D eigenvalue weighted by atomic mass is 16.5. The van der Waals surface area contributed by atoms with E-state index in [1.807, 2.05) is 0 Å². The van der Waals surface area contributed by atoms with Crippen LogP contribution < -0.4 is 5.73 Å². The van der Waals surface area contributed by atoms with E-state index in [2.05, 4.69) is 43.0 Å². The Hall–Kier alpha value is -0.900. The van der Waals surface area contributed by atoms with Crippen LogP contribution in [0.4, 0.5) is 0 Å². The molecule has 3 heteroatoms. The summed E-state index contributed by atoms with van der Waals surface area (Å²) >= 11 is 0. The number of nitrogens with two attached hydrogens (primary N) is 1. The van der Waals surface area contributed by atoms with Crippen molar-refractivity contribution in [3.63, 3.8) is 0 Å². The average Bonchev–Trinajstić information content (AvgIpc) is 2.71. The summed E-state index contributed by atoms with van der Waals surface area (Å²) in [4.78, 5) is 2.53. The molecule has 0 saturated carbocycles. The van der Waals surface area contributed by atoms with Crippen molar-refractivity contribution in [2.24, 2.45) is 5.73 Å². The van der Waals surface area contributed by atoms with Gasteiger partial charge < -0.3 is 10.5 Å². The first kappa shape index (κ1) is 13.1. The van der Waals surface area contributed by atoms with Crippen LogP contribution in [0.3, 0.4) is 0 Å². The van der Waals surface area contributed by atoms with Crippen LogP contribution in [0.5, 0.6) is 0 Å². The van der Waals surface area contributed by atoms with Gasteiger partial charge in [-0.05, 0) is 32.3 Å². The van der Waals surface area contributed by atoms with Crippen molar-refractivity contribution >= 4 is 0 Å². The topological polar surface area (TPSA) is 38.5 Å². The Morgan fingerprint density at radius 2 is 1.74 bits per heavy atom. The predicted octanol–water partition coefficient (Wildman–Crippen LogP) is 2.25. The van der Waals surface area contributed by atoms with E-state index in [4.69, 9.17) is 10.5 Å². The largest absolute Gasteiger partial charge is 0.372 e. The molecule has 0 amide bonds. The standard InChI is InChI=1S/C16H24N2O/c1-11-3-5-13(6-4-11)16(12(2)17)18-9-14-7-8-15(10-18)19-14/h3-6,12,14-16H,7-10,17H2,1-2H3. The summed E-state index contributed by atoms with van der Waals surface area (Å²) in [5.74, 6) is 0. The molecule has 3 nitrogen and oxygen atoms in total. The van der Waals surface area contributed by atoms with Gasteiger partial charge in [-0.2, -0.15) is 0 Å². The Morgan fingerprint density at radius 1 is 1.16 bits per heavy atom. The van der Waals surface area contributed by atoms with Crippen molar-refractivity contribution in [1.29, 1.82) is 0 Å². The molecule has 104 valence electrons. The van der Waals surface area contributed by atoms with Gasteiger partial charge in [0.25, 0.3) is 0 Å². The van der Waals surface area contributed by atoms with E-state index in [0.717, 1.165) is 13.1 Å². The van der Waals surface area contributed by atoms with Crippen LogP contribution in [0.15, 0.2) is 24.3 Å². The zero-order chi connectivity index (χ0) is 13.4. The Balaban J connectivity index is 1.83. The number of nitrogens with zero attached hydrogens (tertiary/aromatic N) is 1. The van der Waals surface area contributed by atoms with Gasteiger partial charge in [-0.3, -0.25) is 4.90 Å². The summed E-state index contributed by atoms with van der Waals surface area (Å²) in [7, 11) is 0. The number of likely N-dealkylation sites (tertiary alicyclic amines) is 1. The summed E-state index contributed by atoms with van der Waals surface area (Å²) in [6.07, 6.45) is 3.26. The number of aryl methyl sites for hydroxylation is 1. The summed E-state index contributed by atoms with van der Waals surface area (Å²) < 4.78 is 5.93. The lowest BCUT2D eigenvalue weighted by Gasteiger charge is -2.40. The minimum absolute atomic E-state index is 0.139. The highest BCUT2D eigenvalue weighted by molar-refractivity contribution is 5.25. The van der Waals surface area contributed by atoms with E-state index in [0.29, 0.717) is 18.2 Å². The molecule has 0 aromatic heterocycles. The summed E-state index contributed by atoms with van der Waals surface area (Å²) in [6, 6.07) is 9.26. The van der Waals surface area contributed by atoms with E-state index >= 15 is 0 Å². The fourth-order valence-corrected chi connectivity index (χ4v) is 3.48. The molecule has 0 radical (unpaired) electrons. The second-order valence-corrected chi connectivity index (χ2v) is 6.13. The number of morpholine rings is 1. The van der Waals surface area contributed by atoms with Crippen molar-refractivity contribution in [3.05, 3.63) is 35.4 Å². The van der Waals surface area contributed by atoms with E-state index in [9.17, 15) is 0 Å². The molecular formula is C16H24N2O. The molecule has 0 spiro atoms. The van der Waals surface area contributed by atoms with Gasteiger partial charge in [-0.15, -0.1) is 0 Å². The third-order valence-corrected chi connectivity index (χ3v) is 4.38. The molecule has 1 aromatic carbocycles. The third kappa shape index (κ3) is 2.69. The Morgan fingerprint density at radius 3 is 2.26 bits per heavy atom. The minimum Gasteiger partial charge on any atom is -0.372 e. The first-order chi connectivity index (χ1) is 9.13. The quantitative estimate of drug-likeness (QED) is 0.906. The van der Waals surface area contributed by atoms with Crippen LogP contribution in [-0.2, 0) is 4.74 Å². The first-order valence-corrected chi connectivity index (χ1v) is 7.35. The molecule has 1 aromatic rings. The van der Waals surface area contributed by atoms with Crippen LogP contribution in [0.2, 0.25) is 0 Å². The van der Waals surface area contributed by atoms with Gasteiger partial charge in [0.05, 0.1) is 12.2 Å². The van der Waals surface area contributed by atoms with Gasteiger partial charge in [0.2, 0.25) is 0 Å². The van der Waals surface area contributed by atoms with Gasteiger partial charge in [0.1, 0.15) is 0 Å². The van der Waals surface area contributed by atoms with Crippen molar-refractivity contribution in [2.75, 3.05) is 13.1 Å². The second kappa shape index (κ2) is 5.23. The SMILES string of the molecule is Cc1ccc(C(C(C)N)N2CC3CCC(C2)O3)cc1. The third-order valence-electron chi connectivity index (χ3n) is 4.38. The molecule has 2 fully saturated rings. The van der Waals surface area contributed by atoms with E-state index < -0.39 is 0 Å². The lowest BCUT2D eigenvalue weighted by molar-refractivity contribution is -0.0559. The molecule has 4 unspecified atom stereocenters. The number of hydrogen-bond donors (Lipinski definition) is 1. The highest BCUT2D eigenvalue weighted by Gasteiger charge is 2.37. The molecule has 4 atom stereocenters. The van der Waals surface area contributed by atoms with Crippen LogP contribution in [0.1, 0.15) is 36.9 Å². The summed E-state index contributed by atoms with van der Waals surface area (Å²) in [5, 5.41) is 0. The molecule has 2 heterocycles. The molecular weight excluding hydrogens is 236 g/mol. The van der Waals surface area contributed by atoms with Crippen LogP contribution in [0.25, 0.3) is 0 Å². The maximum absolute atomic E-state index is 6.27. The van der Waals surface area contributed by atoms with Crippen LogP contribution >= 0.6 is 0 Å². The monoisotopic (exact) mass is 260 g/mol. The van der Waals surface area contributed by atoms with Gasteiger partial charge in [-0.1, -0.05) is 29.8 Å². The Bertz CT molecular complexity index is 417. The van der Waals surface area contributed by atoms with Crippen molar-refractivity contribution < 1.29 is 4.74 Å². The fraction of sp³-hybridized carbons (Fsp3) is 0.625. The van der Waals surface area contributed by atoms with Crippen molar-refractivity contribution in [1.82, 2.24) is 4.90 Å². The molecule has 0 aliphatic carbocycles. The van der Waals surface area contributed by atoms with Crippen molar-refractivity contribution in [3.8, 4) is 0 Å². The molecule has 2 saturated heterocycles.